The van der Waals surface area contributed by atoms with Crippen LogP contribution in [0.15, 0.2) is 42.7 Å². The van der Waals surface area contributed by atoms with Gasteiger partial charge in [-0.25, -0.2) is 0 Å². The second kappa shape index (κ2) is 7.58. The number of carbonyl (C=O) groups excluding carboxylic acids is 1. The highest BCUT2D eigenvalue weighted by Crippen LogP contribution is 2.37. The van der Waals surface area contributed by atoms with Crippen LogP contribution in [0.2, 0.25) is 0 Å². The second-order valence-electron chi connectivity index (χ2n) is 7.13. The Morgan fingerprint density at radius 2 is 1.92 bits per heavy atom. The number of aromatic nitrogens is 2. The van der Waals surface area contributed by atoms with Crippen molar-refractivity contribution in [3.63, 3.8) is 0 Å². The van der Waals surface area contributed by atoms with Crippen molar-refractivity contribution >= 4 is 18.3 Å². The minimum Gasteiger partial charge on any atom is -0.339 e. The van der Waals surface area contributed by atoms with Gasteiger partial charge in [-0.3, -0.25) is 9.48 Å². The average Bonchev–Trinajstić information content (AvgIpc) is 3.26. The quantitative estimate of drug-likeness (QED) is 0.915. The molecule has 3 heterocycles. The summed E-state index contributed by atoms with van der Waals surface area (Å²) in [6, 6.07) is 10.2. The number of nitrogens with one attached hydrogen (secondary N) is 1. The number of halogens is 1. The number of benzene rings is 1. The van der Waals surface area contributed by atoms with Crippen LogP contribution < -0.4 is 5.32 Å². The Morgan fingerprint density at radius 1 is 1.16 bits per heavy atom. The first-order chi connectivity index (χ1) is 11.7. The first-order valence-corrected chi connectivity index (χ1v) is 8.81. The Kier molecular flexibility index (Phi) is 5.45. The van der Waals surface area contributed by atoms with E-state index in [2.05, 4.69) is 22.5 Å². The topological polar surface area (TPSA) is 50.2 Å². The standard InChI is InChI=1S/C19H24N4O.ClH/c24-18(22-10-7-19(8-11-22)6-9-20-15-19)17-12-21-23(14-17)13-16-4-2-1-3-5-16;/h1-5,12,14,20H,6-11,13,15H2;1H. The van der Waals surface area contributed by atoms with Crippen molar-refractivity contribution in [3.8, 4) is 0 Å². The predicted molar refractivity (Wildman–Crippen MR) is 100 cm³/mol. The highest BCUT2D eigenvalue weighted by molar-refractivity contribution is 5.93. The molecule has 0 saturated carbocycles. The van der Waals surface area contributed by atoms with E-state index in [9.17, 15) is 4.79 Å². The van der Waals surface area contributed by atoms with Gasteiger partial charge < -0.3 is 10.2 Å². The van der Waals surface area contributed by atoms with E-state index in [4.69, 9.17) is 0 Å². The van der Waals surface area contributed by atoms with E-state index in [0.29, 0.717) is 17.5 Å². The molecule has 2 fully saturated rings. The number of hydrogen-bond donors (Lipinski definition) is 1. The first-order valence-electron chi connectivity index (χ1n) is 8.81. The van der Waals surface area contributed by atoms with Gasteiger partial charge in [-0.1, -0.05) is 30.3 Å². The lowest BCUT2D eigenvalue weighted by Crippen LogP contribution is -2.43. The van der Waals surface area contributed by atoms with Crippen molar-refractivity contribution in [2.45, 2.75) is 25.8 Å². The first kappa shape index (κ1) is 18.0. The molecule has 0 atom stereocenters. The van der Waals surface area contributed by atoms with Gasteiger partial charge >= 0.3 is 0 Å². The third kappa shape index (κ3) is 3.88. The molecule has 1 aromatic heterocycles. The molecule has 134 valence electrons. The molecule has 1 aromatic carbocycles. The van der Waals surface area contributed by atoms with Crippen molar-refractivity contribution < 1.29 is 4.79 Å². The van der Waals surface area contributed by atoms with Gasteiger partial charge in [-0.15, -0.1) is 12.4 Å². The largest absolute Gasteiger partial charge is 0.339 e. The predicted octanol–water partition coefficient (Wildman–Crippen LogP) is 2.57. The van der Waals surface area contributed by atoms with Crippen LogP contribution in [0.1, 0.15) is 35.2 Å². The molecule has 2 aliphatic rings. The van der Waals surface area contributed by atoms with Gasteiger partial charge in [0.15, 0.2) is 0 Å². The van der Waals surface area contributed by atoms with Gasteiger partial charge in [0.2, 0.25) is 0 Å². The molecule has 2 aliphatic heterocycles. The molecule has 5 nitrogen and oxygen atoms in total. The minimum atomic E-state index is 0. The molecule has 1 amide bonds. The van der Waals surface area contributed by atoms with Crippen LogP contribution >= 0.6 is 12.4 Å². The Bertz CT molecular complexity index is 699. The molecule has 2 saturated heterocycles. The van der Waals surface area contributed by atoms with E-state index >= 15 is 0 Å². The Balaban J connectivity index is 0.00000182. The number of amides is 1. The van der Waals surface area contributed by atoms with Gasteiger partial charge in [0.1, 0.15) is 0 Å². The molecule has 6 heteroatoms. The van der Waals surface area contributed by atoms with Crippen LogP contribution in [0, 0.1) is 5.41 Å². The van der Waals surface area contributed by atoms with E-state index in [1.807, 2.05) is 34.0 Å². The molecular formula is C19H25ClN4O. The molecule has 4 rings (SSSR count). The highest BCUT2D eigenvalue weighted by atomic mass is 35.5. The van der Waals surface area contributed by atoms with Crippen molar-refractivity contribution in [1.82, 2.24) is 20.0 Å². The molecule has 1 N–H and O–H groups in total. The fraction of sp³-hybridized carbons (Fsp3) is 0.474. The van der Waals surface area contributed by atoms with E-state index in [1.54, 1.807) is 6.20 Å². The minimum absolute atomic E-state index is 0. The fourth-order valence-corrected chi connectivity index (χ4v) is 3.92. The number of nitrogens with zero attached hydrogens (tertiary/aromatic N) is 3. The van der Waals surface area contributed by atoms with Gasteiger partial charge in [0.05, 0.1) is 18.3 Å². The lowest BCUT2D eigenvalue weighted by Gasteiger charge is -2.38. The van der Waals surface area contributed by atoms with Crippen LogP contribution in [0.4, 0.5) is 0 Å². The zero-order valence-electron chi connectivity index (χ0n) is 14.4. The van der Waals surface area contributed by atoms with Gasteiger partial charge in [0, 0.05) is 25.8 Å². The summed E-state index contributed by atoms with van der Waals surface area (Å²) in [5, 5.41) is 7.83. The SMILES string of the molecule is Cl.O=C(c1cnn(Cc2ccccc2)c1)N1CCC2(CCNC2)CC1. The zero-order valence-corrected chi connectivity index (χ0v) is 15.2. The van der Waals surface area contributed by atoms with E-state index in [0.717, 1.165) is 39.0 Å². The maximum Gasteiger partial charge on any atom is 0.257 e. The molecular weight excluding hydrogens is 336 g/mol. The third-order valence-corrected chi connectivity index (χ3v) is 5.51. The summed E-state index contributed by atoms with van der Waals surface area (Å²) in [5.74, 6) is 0.120. The smallest absolute Gasteiger partial charge is 0.257 e. The van der Waals surface area contributed by atoms with Crippen LogP contribution in [-0.4, -0.2) is 46.8 Å². The number of likely N-dealkylation sites (tertiary alicyclic amines) is 1. The van der Waals surface area contributed by atoms with Crippen molar-refractivity contribution in [1.29, 1.82) is 0 Å². The van der Waals surface area contributed by atoms with E-state index < -0.39 is 0 Å². The van der Waals surface area contributed by atoms with Crippen molar-refractivity contribution in [2.75, 3.05) is 26.2 Å². The fourth-order valence-electron chi connectivity index (χ4n) is 3.92. The Labute approximate surface area is 154 Å². The number of carbonyl (C=O) groups is 1. The lowest BCUT2D eigenvalue weighted by molar-refractivity contribution is 0.0607. The van der Waals surface area contributed by atoms with Crippen LogP contribution in [0.25, 0.3) is 0 Å². The van der Waals surface area contributed by atoms with E-state index in [-0.39, 0.29) is 18.3 Å². The summed E-state index contributed by atoms with van der Waals surface area (Å²) in [4.78, 5) is 14.7. The molecule has 0 unspecified atom stereocenters. The molecule has 0 radical (unpaired) electrons. The average molecular weight is 361 g/mol. The summed E-state index contributed by atoms with van der Waals surface area (Å²) >= 11 is 0. The molecule has 0 bridgehead atoms. The lowest BCUT2D eigenvalue weighted by atomic mass is 9.78. The molecule has 1 spiro atoms. The summed E-state index contributed by atoms with van der Waals surface area (Å²) in [5.41, 5.74) is 2.33. The zero-order chi connectivity index (χ0) is 16.4. The number of piperidine rings is 1. The van der Waals surface area contributed by atoms with Gasteiger partial charge in [0.25, 0.3) is 5.91 Å². The maximum atomic E-state index is 12.7. The van der Waals surface area contributed by atoms with Gasteiger partial charge in [-0.2, -0.15) is 5.10 Å². The summed E-state index contributed by atoms with van der Waals surface area (Å²) in [6.07, 6.45) is 7.06. The molecule has 25 heavy (non-hydrogen) atoms. The monoisotopic (exact) mass is 360 g/mol. The number of hydrogen-bond acceptors (Lipinski definition) is 3. The molecule has 2 aromatic rings. The third-order valence-electron chi connectivity index (χ3n) is 5.51. The van der Waals surface area contributed by atoms with Gasteiger partial charge in [-0.05, 0) is 36.8 Å². The maximum absolute atomic E-state index is 12.7. The summed E-state index contributed by atoms with van der Waals surface area (Å²) < 4.78 is 1.84. The Morgan fingerprint density at radius 3 is 2.60 bits per heavy atom. The number of rotatable bonds is 3. The Hall–Kier alpha value is -1.85. The van der Waals surface area contributed by atoms with Crippen molar-refractivity contribution in [3.05, 3.63) is 53.9 Å². The summed E-state index contributed by atoms with van der Waals surface area (Å²) in [6.45, 7) is 4.67. The second-order valence-corrected chi connectivity index (χ2v) is 7.13. The van der Waals surface area contributed by atoms with Crippen LogP contribution in [-0.2, 0) is 6.54 Å². The van der Waals surface area contributed by atoms with Crippen LogP contribution in [0.5, 0.6) is 0 Å². The molecule has 0 aliphatic carbocycles. The summed E-state index contributed by atoms with van der Waals surface area (Å²) in [7, 11) is 0. The van der Waals surface area contributed by atoms with Crippen molar-refractivity contribution in [2.24, 2.45) is 5.41 Å². The van der Waals surface area contributed by atoms with Crippen LogP contribution in [0.3, 0.4) is 0 Å². The normalized spacial score (nSPS) is 19.0. The van der Waals surface area contributed by atoms with E-state index in [1.165, 1.54) is 12.0 Å². The highest BCUT2D eigenvalue weighted by Gasteiger charge is 2.38.